The van der Waals surface area contributed by atoms with Gasteiger partial charge in [-0.05, 0) is 18.2 Å². The average Bonchev–Trinajstić information content (AvgIpc) is 2.34. The van der Waals surface area contributed by atoms with Gasteiger partial charge in [-0.3, -0.25) is 0 Å². The van der Waals surface area contributed by atoms with E-state index in [9.17, 15) is 22.8 Å². The number of alkyl halides is 3. The predicted molar refractivity (Wildman–Crippen MR) is 56.3 cm³/mol. The van der Waals surface area contributed by atoms with Crippen LogP contribution in [0.5, 0.6) is 5.75 Å². The lowest BCUT2D eigenvalue weighted by atomic mass is 10.1. The second-order valence-corrected chi connectivity index (χ2v) is 3.45. The fraction of sp³-hybridized carbons (Fsp3) is 0.273. The first-order valence-electron chi connectivity index (χ1n) is 4.89. The molecule has 1 aromatic rings. The molecule has 0 spiro atoms. The van der Waals surface area contributed by atoms with E-state index in [0.717, 1.165) is 25.3 Å². The van der Waals surface area contributed by atoms with Crippen molar-refractivity contribution in [1.29, 1.82) is 0 Å². The number of ether oxygens (including phenoxy) is 2. The van der Waals surface area contributed by atoms with Crippen LogP contribution >= 0.6 is 0 Å². The fourth-order valence-corrected chi connectivity index (χ4v) is 1.21. The van der Waals surface area contributed by atoms with Crippen LogP contribution in [0.2, 0.25) is 0 Å². The second kappa shape index (κ2) is 5.59. The minimum atomic E-state index is -4.56. The van der Waals surface area contributed by atoms with Crippen molar-refractivity contribution in [1.82, 2.24) is 0 Å². The van der Waals surface area contributed by atoms with Crippen LogP contribution in [0.25, 0.3) is 0 Å². The number of esters is 1. The predicted octanol–water partition coefficient (Wildman–Crippen LogP) is 2.11. The molecule has 0 radical (unpaired) electrons. The molecule has 1 rings (SSSR count). The standard InChI is InChI=1S/C11H9F3O5/c1-18-10(17)7-2-6(9(15)16)3-8(4-7)19-5-11(12,13)14/h2-4H,5H2,1H3,(H,15,16). The van der Waals surface area contributed by atoms with Gasteiger partial charge in [-0.1, -0.05) is 0 Å². The quantitative estimate of drug-likeness (QED) is 0.854. The molecular weight excluding hydrogens is 269 g/mol. The zero-order valence-electron chi connectivity index (χ0n) is 9.65. The highest BCUT2D eigenvalue weighted by molar-refractivity contribution is 5.95. The van der Waals surface area contributed by atoms with Gasteiger partial charge in [0.25, 0.3) is 0 Å². The number of hydrogen-bond acceptors (Lipinski definition) is 4. The molecule has 0 amide bonds. The molecule has 0 saturated heterocycles. The maximum absolute atomic E-state index is 12.0. The van der Waals surface area contributed by atoms with Gasteiger partial charge in [0.15, 0.2) is 6.61 Å². The van der Waals surface area contributed by atoms with Gasteiger partial charge >= 0.3 is 18.1 Å². The molecule has 5 nitrogen and oxygen atoms in total. The molecule has 0 heterocycles. The first kappa shape index (κ1) is 14.8. The lowest BCUT2D eigenvalue weighted by molar-refractivity contribution is -0.153. The van der Waals surface area contributed by atoms with Gasteiger partial charge in [-0.15, -0.1) is 0 Å². The van der Waals surface area contributed by atoms with Crippen LogP contribution in [0.3, 0.4) is 0 Å². The Kier molecular flexibility index (Phi) is 4.36. The van der Waals surface area contributed by atoms with Crippen molar-refractivity contribution in [2.45, 2.75) is 6.18 Å². The largest absolute Gasteiger partial charge is 0.484 e. The van der Waals surface area contributed by atoms with Crippen LogP contribution < -0.4 is 4.74 Å². The minimum Gasteiger partial charge on any atom is -0.484 e. The highest BCUT2D eigenvalue weighted by atomic mass is 19.4. The summed E-state index contributed by atoms with van der Waals surface area (Å²) in [6.45, 7) is -1.59. The summed E-state index contributed by atoms with van der Waals surface area (Å²) in [5, 5.41) is 8.79. The van der Waals surface area contributed by atoms with Gasteiger partial charge < -0.3 is 14.6 Å². The Morgan fingerprint density at radius 2 is 1.79 bits per heavy atom. The first-order chi connectivity index (χ1) is 8.73. The van der Waals surface area contributed by atoms with Gasteiger partial charge in [0.05, 0.1) is 18.2 Å². The first-order valence-corrected chi connectivity index (χ1v) is 4.89. The average molecular weight is 278 g/mol. The van der Waals surface area contributed by atoms with Crippen molar-refractivity contribution in [3.8, 4) is 5.75 Å². The highest BCUT2D eigenvalue weighted by Crippen LogP contribution is 2.22. The maximum Gasteiger partial charge on any atom is 0.422 e. The minimum absolute atomic E-state index is 0.209. The number of carbonyl (C=O) groups is 2. The molecule has 0 aliphatic rings. The van der Waals surface area contributed by atoms with Crippen molar-refractivity contribution in [3.05, 3.63) is 29.3 Å². The summed E-state index contributed by atoms with van der Waals surface area (Å²) in [6, 6.07) is 2.85. The smallest absolute Gasteiger partial charge is 0.422 e. The summed E-state index contributed by atoms with van der Waals surface area (Å²) in [5.74, 6) is -2.65. The van der Waals surface area contributed by atoms with E-state index < -0.39 is 24.7 Å². The monoisotopic (exact) mass is 278 g/mol. The van der Waals surface area contributed by atoms with Gasteiger partial charge in [0.1, 0.15) is 5.75 Å². The van der Waals surface area contributed by atoms with Crippen molar-refractivity contribution >= 4 is 11.9 Å². The molecule has 104 valence electrons. The molecule has 19 heavy (non-hydrogen) atoms. The molecule has 8 heteroatoms. The molecule has 0 atom stereocenters. The van der Waals surface area contributed by atoms with E-state index in [4.69, 9.17) is 5.11 Å². The molecular formula is C11H9F3O5. The second-order valence-electron chi connectivity index (χ2n) is 3.45. The highest BCUT2D eigenvalue weighted by Gasteiger charge is 2.28. The Morgan fingerprint density at radius 1 is 1.21 bits per heavy atom. The molecule has 1 N–H and O–H groups in total. The zero-order chi connectivity index (χ0) is 14.6. The van der Waals surface area contributed by atoms with Gasteiger partial charge in [-0.2, -0.15) is 13.2 Å². The number of hydrogen-bond donors (Lipinski definition) is 1. The van der Waals surface area contributed by atoms with E-state index in [-0.39, 0.29) is 16.9 Å². The van der Waals surface area contributed by atoms with E-state index in [1.165, 1.54) is 0 Å². The number of carboxylic acid groups (broad SMARTS) is 1. The maximum atomic E-state index is 12.0. The number of aromatic carboxylic acids is 1. The number of carbonyl (C=O) groups excluding carboxylic acids is 1. The van der Waals surface area contributed by atoms with E-state index in [1.54, 1.807) is 0 Å². The summed E-state index contributed by atoms with van der Waals surface area (Å²) in [7, 11) is 1.06. The van der Waals surface area contributed by atoms with Crippen LogP contribution in [0.1, 0.15) is 20.7 Å². The Morgan fingerprint density at radius 3 is 2.26 bits per heavy atom. The molecule has 0 unspecified atom stereocenters. The molecule has 0 aliphatic heterocycles. The van der Waals surface area contributed by atoms with Crippen LogP contribution in [-0.4, -0.2) is 36.9 Å². The van der Waals surface area contributed by atoms with Crippen LogP contribution in [0.4, 0.5) is 13.2 Å². The van der Waals surface area contributed by atoms with E-state index in [2.05, 4.69) is 9.47 Å². The topological polar surface area (TPSA) is 72.8 Å². The third-order valence-electron chi connectivity index (χ3n) is 1.98. The zero-order valence-corrected chi connectivity index (χ0v) is 9.65. The summed E-state index contributed by atoms with van der Waals surface area (Å²) in [6.07, 6.45) is -4.56. The number of halogens is 3. The van der Waals surface area contributed by atoms with Crippen molar-refractivity contribution < 1.29 is 37.3 Å². The van der Waals surface area contributed by atoms with Gasteiger partial charge in [-0.25, -0.2) is 9.59 Å². The van der Waals surface area contributed by atoms with Crippen molar-refractivity contribution in [3.63, 3.8) is 0 Å². The molecule has 0 fully saturated rings. The Balaban J connectivity index is 3.06. The summed E-state index contributed by atoms with van der Waals surface area (Å²) in [4.78, 5) is 22.0. The Labute approximate surface area is 105 Å². The third-order valence-corrected chi connectivity index (χ3v) is 1.98. The van der Waals surface area contributed by atoms with Crippen LogP contribution in [-0.2, 0) is 4.74 Å². The number of methoxy groups -OCH3 is 1. The van der Waals surface area contributed by atoms with E-state index in [0.29, 0.717) is 0 Å². The Hall–Kier alpha value is -2.25. The van der Waals surface area contributed by atoms with E-state index >= 15 is 0 Å². The number of rotatable bonds is 4. The SMILES string of the molecule is COC(=O)c1cc(OCC(F)(F)F)cc(C(=O)O)c1. The number of carboxylic acids is 1. The summed E-state index contributed by atoms with van der Waals surface area (Å²) in [5.41, 5.74) is -0.584. The molecule has 0 saturated carbocycles. The van der Waals surface area contributed by atoms with E-state index in [1.807, 2.05) is 0 Å². The third kappa shape index (κ3) is 4.49. The number of benzene rings is 1. The van der Waals surface area contributed by atoms with Crippen LogP contribution in [0.15, 0.2) is 18.2 Å². The summed E-state index contributed by atoms with van der Waals surface area (Å²) >= 11 is 0. The lowest BCUT2D eigenvalue weighted by Gasteiger charge is -2.10. The van der Waals surface area contributed by atoms with Crippen LogP contribution in [0, 0.1) is 0 Å². The van der Waals surface area contributed by atoms with Crippen molar-refractivity contribution in [2.24, 2.45) is 0 Å². The molecule has 0 aliphatic carbocycles. The Bertz CT molecular complexity index is 496. The van der Waals surface area contributed by atoms with Crippen molar-refractivity contribution in [2.75, 3.05) is 13.7 Å². The van der Waals surface area contributed by atoms with Gasteiger partial charge in [0.2, 0.25) is 0 Å². The van der Waals surface area contributed by atoms with Gasteiger partial charge in [0, 0.05) is 0 Å². The fourth-order valence-electron chi connectivity index (χ4n) is 1.21. The molecule has 0 aromatic heterocycles. The molecule has 1 aromatic carbocycles. The summed E-state index contributed by atoms with van der Waals surface area (Å²) < 4.78 is 44.7. The molecule has 0 bridgehead atoms. The normalized spacial score (nSPS) is 10.9. The lowest BCUT2D eigenvalue weighted by Crippen LogP contribution is -2.19.